The van der Waals surface area contributed by atoms with Crippen molar-refractivity contribution in [2.24, 2.45) is 5.41 Å². The highest BCUT2D eigenvalue weighted by molar-refractivity contribution is 14.1. The zero-order valence-electron chi connectivity index (χ0n) is 18.6. The van der Waals surface area contributed by atoms with Crippen LogP contribution in [0.3, 0.4) is 0 Å². The minimum Gasteiger partial charge on any atom is -0.481 e. The summed E-state index contributed by atoms with van der Waals surface area (Å²) in [6, 6.07) is 6.04. The van der Waals surface area contributed by atoms with Crippen LogP contribution in [0.15, 0.2) is 30.3 Å². The summed E-state index contributed by atoms with van der Waals surface area (Å²) in [7, 11) is 0. The Hall–Kier alpha value is -2.38. The molecule has 1 heterocycles. The highest BCUT2D eigenvalue weighted by Gasteiger charge is 2.51. The molecule has 2 aromatic carbocycles. The lowest BCUT2D eigenvalue weighted by Crippen LogP contribution is -2.64. The van der Waals surface area contributed by atoms with Gasteiger partial charge < -0.3 is 15.3 Å². The minimum atomic E-state index is -1.33. The summed E-state index contributed by atoms with van der Waals surface area (Å²) >= 11 is 1.91. The van der Waals surface area contributed by atoms with Crippen LogP contribution in [0.25, 0.3) is 0 Å². The molecule has 1 saturated heterocycles. The highest BCUT2D eigenvalue weighted by atomic mass is 127. The van der Waals surface area contributed by atoms with Crippen molar-refractivity contribution in [3.05, 3.63) is 56.9 Å². The van der Waals surface area contributed by atoms with Gasteiger partial charge in [-0.05, 0) is 78.6 Å². The van der Waals surface area contributed by atoms with Gasteiger partial charge in [-0.15, -0.1) is 0 Å². The average molecular weight is 604 g/mol. The lowest BCUT2D eigenvalue weighted by atomic mass is 9.76. The van der Waals surface area contributed by atoms with Gasteiger partial charge in [-0.25, -0.2) is 18.1 Å². The van der Waals surface area contributed by atoms with Gasteiger partial charge in [-0.3, -0.25) is 14.8 Å². The van der Waals surface area contributed by atoms with Gasteiger partial charge in [0, 0.05) is 3.57 Å². The predicted octanol–water partition coefficient (Wildman–Crippen LogP) is 5.56. The van der Waals surface area contributed by atoms with Gasteiger partial charge in [0.25, 0.3) is 5.91 Å². The second-order valence-electron chi connectivity index (χ2n) is 9.26. The molecule has 2 fully saturated rings. The van der Waals surface area contributed by atoms with E-state index in [0.29, 0.717) is 16.4 Å². The first-order valence-corrected chi connectivity index (χ1v) is 12.2. The predicted molar refractivity (Wildman–Crippen MR) is 129 cm³/mol. The maximum absolute atomic E-state index is 14.7. The fourth-order valence-electron chi connectivity index (χ4n) is 4.89. The zero-order valence-corrected chi connectivity index (χ0v) is 20.8. The van der Waals surface area contributed by atoms with Crippen LogP contribution in [0.5, 0.6) is 0 Å². The lowest BCUT2D eigenvalue weighted by molar-refractivity contribution is -0.351. The molecule has 0 aromatic heterocycles. The Labute approximate surface area is 213 Å². The smallest absolute Gasteiger partial charge is 0.309 e. The van der Waals surface area contributed by atoms with Gasteiger partial charge in [-0.2, -0.15) is 0 Å². The van der Waals surface area contributed by atoms with Gasteiger partial charge in [-0.1, -0.05) is 12.8 Å². The van der Waals surface area contributed by atoms with E-state index in [-0.39, 0.29) is 37.2 Å². The first-order valence-electron chi connectivity index (χ1n) is 11.2. The third kappa shape index (κ3) is 4.98. The molecular formula is C24H24F3IN2O5. The number of nitrogens with one attached hydrogen (secondary N) is 1. The molecule has 188 valence electrons. The third-order valence-electron chi connectivity index (χ3n) is 7.03. The molecule has 3 N–H and O–H groups in total. The van der Waals surface area contributed by atoms with E-state index in [1.807, 2.05) is 22.6 Å². The number of hydrogen-bond donors (Lipinski definition) is 3. The second-order valence-corrected chi connectivity index (χ2v) is 10.5. The van der Waals surface area contributed by atoms with Gasteiger partial charge in [0.05, 0.1) is 35.4 Å². The summed E-state index contributed by atoms with van der Waals surface area (Å²) < 4.78 is 43.6. The number of amides is 1. The molecule has 2 aliphatic rings. The topological polar surface area (TPSA) is 99.1 Å². The van der Waals surface area contributed by atoms with E-state index in [2.05, 4.69) is 10.2 Å². The highest BCUT2D eigenvalue weighted by Crippen LogP contribution is 2.45. The van der Waals surface area contributed by atoms with Crippen molar-refractivity contribution in [2.45, 2.75) is 44.1 Å². The van der Waals surface area contributed by atoms with Gasteiger partial charge in [0.1, 0.15) is 11.4 Å². The number of likely N-dealkylation sites (tertiary alicyclic amines) is 1. The molecule has 35 heavy (non-hydrogen) atoms. The first kappa shape index (κ1) is 25.7. The van der Waals surface area contributed by atoms with E-state index in [4.69, 9.17) is 0 Å². The van der Waals surface area contributed by atoms with E-state index >= 15 is 0 Å². The Kier molecular flexibility index (Phi) is 7.30. The Morgan fingerprint density at radius 1 is 1.06 bits per heavy atom. The fraction of sp³-hybridized carbons (Fsp3) is 0.417. The summed E-state index contributed by atoms with van der Waals surface area (Å²) in [5, 5.41) is 21.7. The number of anilines is 2. The molecule has 1 aliphatic carbocycles. The van der Waals surface area contributed by atoms with Crippen molar-refractivity contribution in [2.75, 3.05) is 18.4 Å². The number of aliphatic carboxylic acids is 1. The second kappa shape index (κ2) is 9.94. The Balaban J connectivity index is 1.51. The maximum Gasteiger partial charge on any atom is 0.309 e. The Morgan fingerprint density at radius 3 is 2.34 bits per heavy atom. The quantitative estimate of drug-likeness (QED) is 0.207. The fourth-order valence-corrected chi connectivity index (χ4v) is 5.34. The van der Waals surface area contributed by atoms with Crippen LogP contribution in [-0.2, 0) is 9.68 Å². The lowest BCUT2D eigenvalue weighted by Gasteiger charge is -2.48. The van der Waals surface area contributed by atoms with E-state index in [1.54, 1.807) is 6.07 Å². The van der Waals surface area contributed by atoms with Crippen molar-refractivity contribution in [3.63, 3.8) is 0 Å². The van der Waals surface area contributed by atoms with Crippen LogP contribution in [0.1, 0.15) is 48.9 Å². The number of carbonyl (C=O) groups is 2. The molecule has 11 heteroatoms. The van der Waals surface area contributed by atoms with E-state index in [9.17, 15) is 33.1 Å². The standard InChI is InChI=1S/C24H24F3IN2O5/c25-16-5-4-15(20(19(16)27)29-18-6-3-14(28)11-17(18)26)21(31)30-12-24(13-30,35-34)10-9-23(22(32)33)7-1-2-8-23/h3-6,11,29,34H,1-2,7-10,12-13H2,(H,32,33). The first-order chi connectivity index (χ1) is 16.6. The average Bonchev–Trinajstić information content (AvgIpc) is 3.28. The summed E-state index contributed by atoms with van der Waals surface area (Å²) in [4.78, 5) is 30.9. The van der Waals surface area contributed by atoms with Crippen molar-refractivity contribution >= 4 is 45.8 Å². The van der Waals surface area contributed by atoms with Crippen LogP contribution in [-0.4, -0.2) is 45.8 Å². The number of rotatable bonds is 8. The molecule has 1 saturated carbocycles. The van der Waals surface area contributed by atoms with E-state index in [1.165, 1.54) is 17.0 Å². The van der Waals surface area contributed by atoms with Crippen LogP contribution < -0.4 is 5.32 Å². The molecule has 1 aliphatic heterocycles. The molecule has 0 unspecified atom stereocenters. The normalized spacial score (nSPS) is 18.3. The molecule has 0 spiro atoms. The molecule has 1 amide bonds. The number of halogens is 4. The Morgan fingerprint density at radius 2 is 1.74 bits per heavy atom. The Bertz CT molecular complexity index is 1150. The molecule has 0 radical (unpaired) electrons. The van der Waals surface area contributed by atoms with Crippen LogP contribution in [0.4, 0.5) is 24.5 Å². The molecule has 0 atom stereocenters. The SMILES string of the molecule is O=C(c1ccc(F)c(F)c1Nc1ccc(I)cc1F)N1CC(CCC2(C(=O)O)CCCC2)(OO)C1. The number of hydrogen-bond acceptors (Lipinski definition) is 5. The number of carboxylic acids is 1. The van der Waals surface area contributed by atoms with Gasteiger partial charge >= 0.3 is 5.97 Å². The molecule has 4 rings (SSSR count). The summed E-state index contributed by atoms with van der Waals surface area (Å²) in [5.41, 5.74) is -2.87. The van der Waals surface area contributed by atoms with Crippen molar-refractivity contribution < 1.29 is 38.0 Å². The largest absolute Gasteiger partial charge is 0.481 e. The van der Waals surface area contributed by atoms with Crippen molar-refractivity contribution in [3.8, 4) is 0 Å². The van der Waals surface area contributed by atoms with Crippen LogP contribution in [0.2, 0.25) is 0 Å². The molecule has 0 bridgehead atoms. The van der Waals surface area contributed by atoms with Crippen LogP contribution in [0, 0.1) is 26.4 Å². The van der Waals surface area contributed by atoms with Crippen molar-refractivity contribution in [1.82, 2.24) is 4.90 Å². The number of benzene rings is 2. The van der Waals surface area contributed by atoms with E-state index < -0.39 is 46.0 Å². The molecule has 2 aromatic rings. The summed E-state index contributed by atoms with van der Waals surface area (Å²) in [6.45, 7) is -0.122. The molecule has 7 nitrogen and oxygen atoms in total. The van der Waals surface area contributed by atoms with Crippen LogP contribution >= 0.6 is 22.6 Å². The zero-order chi connectivity index (χ0) is 25.4. The number of carboxylic acid groups (broad SMARTS) is 1. The molecular weight excluding hydrogens is 580 g/mol. The van der Waals surface area contributed by atoms with E-state index in [0.717, 1.165) is 25.0 Å². The monoisotopic (exact) mass is 604 g/mol. The third-order valence-corrected chi connectivity index (χ3v) is 7.70. The number of nitrogens with zero attached hydrogens (tertiary/aromatic N) is 1. The number of carbonyl (C=O) groups excluding carboxylic acids is 1. The summed E-state index contributed by atoms with van der Waals surface area (Å²) in [5.74, 6) is -4.78. The van der Waals surface area contributed by atoms with Gasteiger partial charge in [0.15, 0.2) is 11.6 Å². The van der Waals surface area contributed by atoms with Crippen molar-refractivity contribution in [1.29, 1.82) is 0 Å². The maximum atomic E-state index is 14.7. The summed E-state index contributed by atoms with van der Waals surface area (Å²) in [6.07, 6.45) is 3.23. The van der Waals surface area contributed by atoms with Gasteiger partial charge in [0.2, 0.25) is 0 Å². The minimum absolute atomic E-state index is 0.0611.